The molecule has 2 aromatic rings. The SMILES string of the molecule is COc1ccc(OCCN2CCN(C(=O)Cc3csc(NC(=O)C4CC4)n3)CC2)cc1. The molecule has 9 heteroatoms. The molecule has 2 aliphatic rings. The number of nitrogens with one attached hydrogen (secondary N) is 1. The number of piperazine rings is 1. The van der Waals surface area contributed by atoms with Crippen LogP contribution in [0, 0.1) is 5.92 Å². The second kappa shape index (κ2) is 10.1. The standard InChI is InChI=1S/C22H28N4O4S/c1-29-18-4-6-19(7-5-18)30-13-12-25-8-10-26(11-9-25)20(27)14-17-15-31-22(23-17)24-21(28)16-2-3-16/h4-7,15-16H,2-3,8-14H2,1H3,(H,23,24,28). The molecule has 31 heavy (non-hydrogen) atoms. The maximum atomic E-state index is 12.6. The maximum absolute atomic E-state index is 12.6. The van der Waals surface area contributed by atoms with Crippen molar-refractivity contribution < 1.29 is 19.1 Å². The predicted molar refractivity (Wildman–Crippen MR) is 119 cm³/mol. The Bertz CT molecular complexity index is 889. The molecular formula is C22H28N4O4S. The summed E-state index contributed by atoms with van der Waals surface area (Å²) in [6.07, 6.45) is 2.20. The Balaban J connectivity index is 1.15. The van der Waals surface area contributed by atoms with Gasteiger partial charge in [-0.25, -0.2) is 4.98 Å². The molecule has 2 fully saturated rings. The van der Waals surface area contributed by atoms with E-state index in [1.54, 1.807) is 7.11 Å². The van der Waals surface area contributed by atoms with Gasteiger partial charge in [0.1, 0.15) is 18.1 Å². The molecule has 0 radical (unpaired) electrons. The van der Waals surface area contributed by atoms with Crippen molar-refractivity contribution in [2.75, 3.05) is 51.8 Å². The first-order chi connectivity index (χ1) is 15.1. The van der Waals surface area contributed by atoms with Crippen LogP contribution in [0.15, 0.2) is 29.6 Å². The van der Waals surface area contributed by atoms with Gasteiger partial charge in [-0.15, -0.1) is 11.3 Å². The van der Waals surface area contributed by atoms with E-state index >= 15 is 0 Å². The quantitative estimate of drug-likeness (QED) is 0.639. The van der Waals surface area contributed by atoms with Crippen LogP contribution >= 0.6 is 11.3 Å². The lowest BCUT2D eigenvalue weighted by molar-refractivity contribution is -0.132. The van der Waals surface area contributed by atoms with Gasteiger partial charge in [-0.2, -0.15) is 0 Å². The third-order valence-corrected chi connectivity index (χ3v) is 6.33. The molecular weight excluding hydrogens is 416 g/mol. The number of benzene rings is 1. The fourth-order valence-electron chi connectivity index (χ4n) is 3.45. The van der Waals surface area contributed by atoms with E-state index < -0.39 is 0 Å². The van der Waals surface area contributed by atoms with Gasteiger partial charge in [0, 0.05) is 44.0 Å². The lowest BCUT2D eigenvalue weighted by Gasteiger charge is -2.34. The first kappa shape index (κ1) is 21.6. The molecule has 0 unspecified atom stereocenters. The third kappa shape index (κ3) is 6.18. The number of thiazole rings is 1. The molecule has 1 aliphatic heterocycles. The molecule has 1 N–H and O–H groups in total. The van der Waals surface area contributed by atoms with Crippen molar-refractivity contribution in [3.63, 3.8) is 0 Å². The monoisotopic (exact) mass is 444 g/mol. The number of hydrogen-bond acceptors (Lipinski definition) is 7. The Morgan fingerprint density at radius 1 is 1.13 bits per heavy atom. The smallest absolute Gasteiger partial charge is 0.229 e. The van der Waals surface area contributed by atoms with Gasteiger partial charge in [-0.1, -0.05) is 0 Å². The van der Waals surface area contributed by atoms with Gasteiger partial charge in [0.15, 0.2) is 5.13 Å². The van der Waals surface area contributed by atoms with Crippen molar-refractivity contribution in [2.24, 2.45) is 5.92 Å². The molecule has 4 rings (SSSR count). The van der Waals surface area contributed by atoms with Gasteiger partial charge in [0.05, 0.1) is 19.2 Å². The second-order valence-corrected chi connectivity index (χ2v) is 8.69. The van der Waals surface area contributed by atoms with Gasteiger partial charge in [0.25, 0.3) is 0 Å². The number of hydrogen-bond donors (Lipinski definition) is 1. The molecule has 1 aliphatic carbocycles. The van der Waals surface area contributed by atoms with Crippen LogP contribution in [-0.2, 0) is 16.0 Å². The van der Waals surface area contributed by atoms with Crippen molar-refractivity contribution in [1.82, 2.24) is 14.8 Å². The van der Waals surface area contributed by atoms with Crippen molar-refractivity contribution in [2.45, 2.75) is 19.3 Å². The maximum Gasteiger partial charge on any atom is 0.229 e. The Morgan fingerprint density at radius 2 is 1.84 bits per heavy atom. The van der Waals surface area contributed by atoms with Crippen LogP contribution in [0.4, 0.5) is 5.13 Å². The van der Waals surface area contributed by atoms with Crippen LogP contribution in [0.5, 0.6) is 11.5 Å². The van der Waals surface area contributed by atoms with Gasteiger partial charge in [-0.3, -0.25) is 14.5 Å². The highest BCUT2D eigenvalue weighted by atomic mass is 32.1. The summed E-state index contributed by atoms with van der Waals surface area (Å²) in [5.41, 5.74) is 0.719. The van der Waals surface area contributed by atoms with E-state index in [9.17, 15) is 9.59 Å². The summed E-state index contributed by atoms with van der Waals surface area (Å²) in [7, 11) is 1.64. The Kier molecular flexibility index (Phi) is 7.03. The summed E-state index contributed by atoms with van der Waals surface area (Å²) in [5, 5.41) is 5.28. The molecule has 8 nitrogen and oxygen atoms in total. The first-order valence-corrected chi connectivity index (χ1v) is 11.5. The molecule has 1 saturated carbocycles. The largest absolute Gasteiger partial charge is 0.497 e. The average Bonchev–Trinajstić information content (AvgIpc) is 3.56. The Hall–Kier alpha value is -2.65. The van der Waals surface area contributed by atoms with Crippen LogP contribution in [0.1, 0.15) is 18.5 Å². The predicted octanol–water partition coefficient (Wildman–Crippen LogP) is 2.27. The van der Waals surface area contributed by atoms with Crippen molar-refractivity contribution in [1.29, 1.82) is 0 Å². The summed E-state index contributed by atoms with van der Waals surface area (Å²) in [4.78, 5) is 33.0. The molecule has 2 amide bonds. The minimum absolute atomic E-state index is 0.0410. The molecule has 0 atom stereocenters. The molecule has 0 spiro atoms. The van der Waals surface area contributed by atoms with Gasteiger partial charge in [0.2, 0.25) is 11.8 Å². The molecule has 0 bridgehead atoms. The molecule has 166 valence electrons. The zero-order valence-corrected chi connectivity index (χ0v) is 18.5. The number of ether oxygens (including phenoxy) is 2. The number of anilines is 1. The lowest BCUT2D eigenvalue weighted by Crippen LogP contribution is -2.50. The minimum atomic E-state index is 0.0410. The third-order valence-electron chi connectivity index (χ3n) is 5.52. The van der Waals surface area contributed by atoms with Gasteiger partial charge >= 0.3 is 0 Å². The normalized spacial score (nSPS) is 16.7. The zero-order valence-electron chi connectivity index (χ0n) is 17.7. The number of aromatic nitrogens is 1. The fraction of sp³-hybridized carbons (Fsp3) is 0.500. The van der Waals surface area contributed by atoms with Crippen molar-refractivity contribution in [3.05, 3.63) is 35.3 Å². The highest BCUT2D eigenvalue weighted by Gasteiger charge is 2.30. The Labute approximate surface area is 186 Å². The number of amides is 2. The summed E-state index contributed by atoms with van der Waals surface area (Å²) >= 11 is 1.38. The van der Waals surface area contributed by atoms with Crippen molar-refractivity contribution >= 4 is 28.3 Å². The van der Waals surface area contributed by atoms with E-state index in [-0.39, 0.29) is 24.2 Å². The summed E-state index contributed by atoms with van der Waals surface area (Å²) < 4.78 is 10.9. The van der Waals surface area contributed by atoms with E-state index in [1.807, 2.05) is 34.5 Å². The minimum Gasteiger partial charge on any atom is -0.497 e. The number of carbonyl (C=O) groups excluding carboxylic acids is 2. The van der Waals surface area contributed by atoms with Gasteiger partial charge in [-0.05, 0) is 37.1 Å². The molecule has 2 heterocycles. The van der Waals surface area contributed by atoms with Crippen molar-refractivity contribution in [3.8, 4) is 11.5 Å². The van der Waals surface area contributed by atoms with Crippen LogP contribution in [0.3, 0.4) is 0 Å². The molecule has 1 saturated heterocycles. The molecule has 1 aromatic carbocycles. The molecule has 1 aromatic heterocycles. The summed E-state index contributed by atoms with van der Waals surface area (Å²) in [5.74, 6) is 1.90. The lowest BCUT2D eigenvalue weighted by atomic mass is 10.2. The zero-order chi connectivity index (χ0) is 21.6. The van der Waals surface area contributed by atoms with E-state index in [0.717, 1.165) is 49.7 Å². The summed E-state index contributed by atoms with van der Waals surface area (Å²) in [6.45, 7) is 4.50. The second-order valence-electron chi connectivity index (χ2n) is 7.83. The van der Waals surface area contributed by atoms with Crippen LogP contribution in [0.2, 0.25) is 0 Å². The van der Waals surface area contributed by atoms with Crippen LogP contribution in [-0.4, -0.2) is 73.0 Å². The highest BCUT2D eigenvalue weighted by Crippen LogP contribution is 2.30. The summed E-state index contributed by atoms with van der Waals surface area (Å²) in [6, 6.07) is 7.56. The van der Waals surface area contributed by atoms with E-state index in [2.05, 4.69) is 15.2 Å². The van der Waals surface area contributed by atoms with E-state index in [1.165, 1.54) is 11.3 Å². The number of nitrogens with zero attached hydrogens (tertiary/aromatic N) is 3. The van der Waals surface area contributed by atoms with Crippen LogP contribution < -0.4 is 14.8 Å². The van der Waals surface area contributed by atoms with E-state index in [0.29, 0.717) is 24.8 Å². The first-order valence-electron chi connectivity index (χ1n) is 10.6. The topological polar surface area (TPSA) is 84.0 Å². The van der Waals surface area contributed by atoms with Crippen LogP contribution in [0.25, 0.3) is 0 Å². The highest BCUT2D eigenvalue weighted by molar-refractivity contribution is 7.13. The van der Waals surface area contributed by atoms with E-state index in [4.69, 9.17) is 9.47 Å². The Morgan fingerprint density at radius 3 is 2.52 bits per heavy atom. The fourth-order valence-corrected chi connectivity index (χ4v) is 4.16. The van der Waals surface area contributed by atoms with Gasteiger partial charge < -0.3 is 19.7 Å². The number of methoxy groups -OCH3 is 1. The number of rotatable bonds is 9. The number of carbonyl (C=O) groups is 2. The average molecular weight is 445 g/mol.